The van der Waals surface area contributed by atoms with Crippen molar-refractivity contribution in [3.63, 3.8) is 0 Å². The lowest BCUT2D eigenvalue weighted by molar-refractivity contribution is 0.576. The van der Waals surface area contributed by atoms with Crippen LogP contribution in [-0.4, -0.2) is 19.0 Å². The van der Waals surface area contributed by atoms with E-state index in [2.05, 4.69) is 24.2 Å². The van der Waals surface area contributed by atoms with Crippen molar-refractivity contribution in [3.8, 4) is 0 Å². The molecule has 4 heteroatoms. The van der Waals surface area contributed by atoms with Gasteiger partial charge >= 0.3 is 0 Å². The molecule has 0 radical (unpaired) electrons. The van der Waals surface area contributed by atoms with Gasteiger partial charge in [0, 0.05) is 12.0 Å². The lowest BCUT2D eigenvalue weighted by Gasteiger charge is -2.14. The maximum absolute atomic E-state index is 13.0. The maximum Gasteiger partial charge on any atom is 0.188 e. The molecule has 0 bridgehead atoms. The predicted molar refractivity (Wildman–Crippen MR) is 81.3 cm³/mol. The first-order valence-corrected chi connectivity index (χ1v) is 7.32. The normalized spacial score (nSPS) is 17.3. The summed E-state index contributed by atoms with van der Waals surface area (Å²) in [6.07, 6.45) is 3.28. The van der Waals surface area contributed by atoms with Crippen LogP contribution in [0, 0.1) is 11.7 Å². The average Bonchev–Trinajstić information content (AvgIpc) is 3.18. The van der Waals surface area contributed by atoms with Crippen LogP contribution in [0.2, 0.25) is 0 Å². The molecule has 1 fully saturated rings. The lowest BCUT2D eigenvalue weighted by Crippen LogP contribution is -2.33. The Labute approximate surface area is 120 Å². The Morgan fingerprint density at radius 1 is 1.35 bits per heavy atom. The molecule has 0 amide bonds. The molecule has 0 atom stereocenters. The van der Waals surface area contributed by atoms with Crippen molar-refractivity contribution in [2.24, 2.45) is 16.6 Å². The number of benzene rings is 1. The monoisotopic (exact) mass is 277 g/mol. The third kappa shape index (κ3) is 3.95. The minimum Gasteiger partial charge on any atom is -0.370 e. The summed E-state index contributed by atoms with van der Waals surface area (Å²) < 4.78 is 13.0. The van der Waals surface area contributed by atoms with Crippen LogP contribution in [0.1, 0.15) is 38.7 Å². The quantitative estimate of drug-likeness (QED) is 0.620. The molecule has 0 heterocycles. The summed E-state index contributed by atoms with van der Waals surface area (Å²) in [7, 11) is 0. The largest absolute Gasteiger partial charge is 0.370 e. The van der Waals surface area contributed by atoms with E-state index in [0.717, 1.165) is 31.4 Å². The van der Waals surface area contributed by atoms with Crippen LogP contribution in [0.3, 0.4) is 0 Å². The minimum absolute atomic E-state index is 0.0814. The molecule has 0 saturated heterocycles. The molecule has 1 saturated carbocycles. The molecule has 0 aromatic heterocycles. The Kier molecular flexibility index (Phi) is 4.63. The zero-order valence-corrected chi connectivity index (χ0v) is 12.3. The maximum atomic E-state index is 13.0. The van der Waals surface area contributed by atoms with Crippen molar-refractivity contribution in [1.29, 1.82) is 0 Å². The fourth-order valence-electron chi connectivity index (χ4n) is 2.27. The fourth-order valence-corrected chi connectivity index (χ4v) is 2.27. The summed E-state index contributed by atoms with van der Waals surface area (Å²) in [5.41, 5.74) is 7.12. The second kappa shape index (κ2) is 6.25. The Hall–Kier alpha value is -1.58. The minimum atomic E-state index is -0.192. The average molecular weight is 277 g/mol. The molecule has 110 valence electrons. The standard InChI is InChI=1S/C16H24FN3/c1-12(2)7-10-19-15(18)20-11-16(8-9-16)13-3-5-14(17)6-4-13/h3-6,12H,7-11H2,1-2H3,(H3,18,19,20). The number of hydrogen-bond acceptors (Lipinski definition) is 1. The number of hydrogen-bond donors (Lipinski definition) is 2. The van der Waals surface area contributed by atoms with Gasteiger partial charge in [-0.1, -0.05) is 26.0 Å². The van der Waals surface area contributed by atoms with E-state index in [1.807, 2.05) is 12.1 Å². The number of guanidine groups is 1. The first-order valence-electron chi connectivity index (χ1n) is 7.32. The topological polar surface area (TPSA) is 50.4 Å². The molecular formula is C16H24FN3. The zero-order chi connectivity index (χ0) is 14.6. The Balaban J connectivity index is 1.87. The first-order chi connectivity index (χ1) is 9.52. The smallest absolute Gasteiger partial charge is 0.188 e. The molecular weight excluding hydrogens is 253 g/mol. The first kappa shape index (κ1) is 14.8. The van der Waals surface area contributed by atoms with Gasteiger partial charge in [0.25, 0.3) is 0 Å². The van der Waals surface area contributed by atoms with Crippen molar-refractivity contribution < 1.29 is 4.39 Å². The summed E-state index contributed by atoms with van der Waals surface area (Å²) >= 11 is 0. The van der Waals surface area contributed by atoms with E-state index in [-0.39, 0.29) is 11.2 Å². The highest BCUT2D eigenvalue weighted by atomic mass is 19.1. The summed E-state index contributed by atoms with van der Waals surface area (Å²) in [6.45, 7) is 5.90. The van der Waals surface area contributed by atoms with Crippen LogP contribution >= 0.6 is 0 Å². The van der Waals surface area contributed by atoms with Crippen molar-refractivity contribution in [1.82, 2.24) is 5.32 Å². The Bertz CT molecular complexity index is 461. The van der Waals surface area contributed by atoms with Crippen LogP contribution in [0.5, 0.6) is 0 Å². The van der Waals surface area contributed by atoms with Gasteiger partial charge in [-0.2, -0.15) is 0 Å². The number of aliphatic imine (C=N–C) groups is 1. The van der Waals surface area contributed by atoms with Gasteiger partial charge in [0.2, 0.25) is 0 Å². The van der Waals surface area contributed by atoms with Crippen molar-refractivity contribution in [2.45, 2.75) is 38.5 Å². The van der Waals surface area contributed by atoms with Gasteiger partial charge in [0.05, 0.1) is 6.54 Å². The second-order valence-corrected chi connectivity index (χ2v) is 6.10. The van der Waals surface area contributed by atoms with Gasteiger partial charge in [0.1, 0.15) is 5.82 Å². The third-order valence-electron chi connectivity index (χ3n) is 3.89. The van der Waals surface area contributed by atoms with E-state index in [9.17, 15) is 4.39 Å². The number of nitrogens with two attached hydrogens (primary N) is 1. The number of rotatable bonds is 6. The molecule has 1 aromatic carbocycles. The van der Waals surface area contributed by atoms with Gasteiger partial charge < -0.3 is 11.1 Å². The molecule has 20 heavy (non-hydrogen) atoms. The van der Waals surface area contributed by atoms with Crippen LogP contribution < -0.4 is 11.1 Å². The van der Waals surface area contributed by atoms with Crippen LogP contribution in [0.25, 0.3) is 0 Å². The molecule has 0 unspecified atom stereocenters. The van der Waals surface area contributed by atoms with Gasteiger partial charge in [-0.25, -0.2) is 4.39 Å². The Morgan fingerprint density at radius 2 is 2.00 bits per heavy atom. The molecule has 3 nitrogen and oxygen atoms in total. The highest BCUT2D eigenvalue weighted by Gasteiger charge is 2.44. The highest BCUT2D eigenvalue weighted by Crippen LogP contribution is 2.48. The van der Waals surface area contributed by atoms with E-state index in [0.29, 0.717) is 18.4 Å². The van der Waals surface area contributed by atoms with Crippen molar-refractivity contribution in [3.05, 3.63) is 35.6 Å². The summed E-state index contributed by atoms with van der Waals surface area (Å²) in [5, 5.41) is 3.14. The molecule has 1 aliphatic carbocycles. The predicted octanol–water partition coefficient (Wildman–Crippen LogP) is 2.81. The number of halogens is 1. The molecule has 1 aromatic rings. The number of nitrogens with zero attached hydrogens (tertiary/aromatic N) is 1. The summed E-state index contributed by atoms with van der Waals surface area (Å²) in [4.78, 5) is 4.44. The highest BCUT2D eigenvalue weighted by molar-refractivity contribution is 5.77. The van der Waals surface area contributed by atoms with E-state index in [1.54, 1.807) is 0 Å². The van der Waals surface area contributed by atoms with E-state index >= 15 is 0 Å². The molecule has 0 spiro atoms. The van der Waals surface area contributed by atoms with Gasteiger partial charge in [-0.3, -0.25) is 4.99 Å². The van der Waals surface area contributed by atoms with Crippen LogP contribution in [0.15, 0.2) is 29.3 Å². The molecule has 0 aliphatic heterocycles. The van der Waals surface area contributed by atoms with Crippen LogP contribution in [0.4, 0.5) is 4.39 Å². The van der Waals surface area contributed by atoms with E-state index in [4.69, 9.17) is 5.73 Å². The van der Waals surface area contributed by atoms with E-state index in [1.165, 1.54) is 12.1 Å². The second-order valence-electron chi connectivity index (χ2n) is 6.10. The summed E-state index contributed by atoms with van der Waals surface area (Å²) in [6, 6.07) is 6.76. The lowest BCUT2D eigenvalue weighted by atomic mass is 9.96. The van der Waals surface area contributed by atoms with Gasteiger partial charge in [0.15, 0.2) is 5.96 Å². The van der Waals surface area contributed by atoms with Crippen molar-refractivity contribution >= 4 is 5.96 Å². The molecule has 3 N–H and O–H groups in total. The summed E-state index contributed by atoms with van der Waals surface area (Å²) in [5.74, 6) is 0.978. The van der Waals surface area contributed by atoms with E-state index < -0.39 is 0 Å². The van der Waals surface area contributed by atoms with Gasteiger partial charge in [-0.05, 0) is 42.9 Å². The zero-order valence-electron chi connectivity index (χ0n) is 12.3. The molecule has 2 rings (SSSR count). The Morgan fingerprint density at radius 3 is 2.55 bits per heavy atom. The number of nitrogens with one attached hydrogen (secondary N) is 1. The molecule has 1 aliphatic rings. The van der Waals surface area contributed by atoms with Gasteiger partial charge in [-0.15, -0.1) is 0 Å². The van der Waals surface area contributed by atoms with Crippen molar-refractivity contribution in [2.75, 3.05) is 13.1 Å². The third-order valence-corrected chi connectivity index (χ3v) is 3.89. The van der Waals surface area contributed by atoms with Crippen LogP contribution in [-0.2, 0) is 5.41 Å². The SMILES string of the molecule is CC(C)CCNC(N)=NCC1(c2ccc(F)cc2)CC1. The fraction of sp³-hybridized carbons (Fsp3) is 0.562.